The summed E-state index contributed by atoms with van der Waals surface area (Å²) in [4.78, 5) is 10.5. The van der Waals surface area contributed by atoms with E-state index in [1.165, 1.54) is 0 Å². The van der Waals surface area contributed by atoms with Crippen molar-refractivity contribution in [3.05, 3.63) is 26.6 Å². The van der Waals surface area contributed by atoms with E-state index in [4.69, 9.17) is 4.74 Å². The first-order chi connectivity index (χ1) is 5.70. The lowest BCUT2D eigenvalue weighted by Crippen LogP contribution is -1.88. The Morgan fingerprint density at radius 2 is 2.00 bits per heavy atom. The average molecular weight is 294 g/mol. The molecule has 0 aromatic heterocycles. The van der Waals surface area contributed by atoms with Crippen molar-refractivity contribution in [1.82, 2.24) is 0 Å². The smallest absolute Gasteiger partial charge is 0.151 e. The topological polar surface area (TPSA) is 26.3 Å². The Hall–Kier alpha value is -0.350. The maximum atomic E-state index is 10.5. The fourth-order valence-electron chi connectivity index (χ4n) is 0.795. The van der Waals surface area contributed by atoms with Crippen LogP contribution in [0.25, 0.3) is 0 Å². The molecule has 1 rings (SSSR count). The Morgan fingerprint density at radius 1 is 1.33 bits per heavy atom. The Balaban J connectivity index is 3.29. The van der Waals surface area contributed by atoms with E-state index in [0.717, 1.165) is 15.2 Å². The summed E-state index contributed by atoms with van der Waals surface area (Å²) in [5.74, 6) is 0.701. The summed E-state index contributed by atoms with van der Waals surface area (Å²) in [6.45, 7) is 0. The van der Waals surface area contributed by atoms with E-state index in [-0.39, 0.29) is 0 Å². The zero-order valence-corrected chi connectivity index (χ0v) is 9.48. The Kier molecular flexibility index (Phi) is 3.29. The van der Waals surface area contributed by atoms with Crippen LogP contribution in [-0.2, 0) is 0 Å². The van der Waals surface area contributed by atoms with Gasteiger partial charge in [-0.15, -0.1) is 0 Å². The number of methoxy groups -OCH3 is 1. The molecule has 0 aliphatic rings. The highest BCUT2D eigenvalue weighted by Gasteiger charge is 2.07. The predicted octanol–water partition coefficient (Wildman–Crippen LogP) is 3.03. The lowest BCUT2D eigenvalue weighted by Gasteiger charge is -2.05. The van der Waals surface area contributed by atoms with Gasteiger partial charge in [-0.1, -0.05) is 0 Å². The summed E-state index contributed by atoms with van der Waals surface area (Å²) < 4.78 is 6.51. The van der Waals surface area contributed by atoms with Crippen LogP contribution >= 0.6 is 31.9 Å². The molecule has 0 amide bonds. The molecule has 0 N–H and O–H groups in total. The SMILES string of the molecule is COc1ccc(C=O)c(Br)c1Br. The molecule has 64 valence electrons. The van der Waals surface area contributed by atoms with Crippen molar-refractivity contribution in [2.24, 2.45) is 0 Å². The van der Waals surface area contributed by atoms with Crippen molar-refractivity contribution in [3.63, 3.8) is 0 Å². The van der Waals surface area contributed by atoms with E-state index >= 15 is 0 Å². The van der Waals surface area contributed by atoms with Crippen LogP contribution in [0.15, 0.2) is 21.1 Å². The minimum Gasteiger partial charge on any atom is -0.496 e. The zero-order chi connectivity index (χ0) is 9.14. The highest BCUT2D eigenvalue weighted by Crippen LogP contribution is 2.34. The Morgan fingerprint density at radius 3 is 2.50 bits per heavy atom. The van der Waals surface area contributed by atoms with Crippen LogP contribution in [-0.4, -0.2) is 13.4 Å². The van der Waals surface area contributed by atoms with Crippen LogP contribution in [0, 0.1) is 0 Å². The van der Waals surface area contributed by atoms with Crippen LogP contribution in [0.3, 0.4) is 0 Å². The van der Waals surface area contributed by atoms with Crippen molar-refractivity contribution in [2.45, 2.75) is 0 Å². The van der Waals surface area contributed by atoms with Crippen molar-refractivity contribution in [2.75, 3.05) is 7.11 Å². The number of ether oxygens (including phenoxy) is 1. The lowest BCUT2D eigenvalue weighted by molar-refractivity contribution is 0.112. The number of halogens is 2. The van der Waals surface area contributed by atoms with Crippen LogP contribution in [0.1, 0.15) is 10.4 Å². The second-order valence-corrected chi connectivity index (χ2v) is 3.69. The number of carbonyl (C=O) groups is 1. The Bertz CT molecular complexity index is 310. The molecule has 0 saturated carbocycles. The number of aldehydes is 1. The molecule has 4 heteroatoms. The summed E-state index contributed by atoms with van der Waals surface area (Å²) in [6.07, 6.45) is 0.786. The number of hydrogen-bond acceptors (Lipinski definition) is 2. The normalized spacial score (nSPS) is 9.58. The summed E-state index contributed by atoms with van der Waals surface area (Å²) in [5.41, 5.74) is 0.600. The monoisotopic (exact) mass is 292 g/mol. The predicted molar refractivity (Wildman–Crippen MR) is 53.8 cm³/mol. The van der Waals surface area contributed by atoms with Gasteiger partial charge in [0, 0.05) is 10.0 Å². The molecule has 0 heterocycles. The van der Waals surface area contributed by atoms with Gasteiger partial charge in [0.2, 0.25) is 0 Å². The second-order valence-electron chi connectivity index (χ2n) is 2.10. The molecule has 1 aromatic rings. The van der Waals surface area contributed by atoms with E-state index in [1.54, 1.807) is 19.2 Å². The van der Waals surface area contributed by atoms with Gasteiger partial charge in [0.1, 0.15) is 5.75 Å². The molecule has 0 aliphatic carbocycles. The number of hydrogen-bond donors (Lipinski definition) is 0. The first kappa shape index (κ1) is 9.74. The van der Waals surface area contributed by atoms with E-state index in [9.17, 15) is 4.79 Å². The first-order valence-electron chi connectivity index (χ1n) is 3.18. The third-order valence-corrected chi connectivity index (χ3v) is 3.60. The molecule has 0 saturated heterocycles. The molecule has 0 radical (unpaired) electrons. The molecule has 12 heavy (non-hydrogen) atoms. The van der Waals surface area contributed by atoms with Gasteiger partial charge in [0.05, 0.1) is 11.6 Å². The molecule has 0 unspecified atom stereocenters. The van der Waals surface area contributed by atoms with Gasteiger partial charge in [-0.05, 0) is 44.0 Å². The quantitative estimate of drug-likeness (QED) is 0.784. The van der Waals surface area contributed by atoms with Crippen molar-refractivity contribution in [1.29, 1.82) is 0 Å². The standard InChI is InChI=1S/C8H6Br2O2/c1-12-6-3-2-5(4-11)7(9)8(6)10/h2-4H,1H3. The lowest BCUT2D eigenvalue weighted by atomic mass is 10.2. The molecule has 0 atom stereocenters. The third kappa shape index (κ3) is 1.69. The second kappa shape index (κ2) is 4.05. The van der Waals surface area contributed by atoms with Crippen LogP contribution < -0.4 is 4.74 Å². The highest BCUT2D eigenvalue weighted by molar-refractivity contribution is 9.13. The summed E-state index contributed by atoms with van der Waals surface area (Å²) in [5, 5.41) is 0. The van der Waals surface area contributed by atoms with Crippen LogP contribution in [0.4, 0.5) is 0 Å². The first-order valence-corrected chi connectivity index (χ1v) is 4.76. The molecule has 0 bridgehead atoms. The summed E-state index contributed by atoms with van der Waals surface area (Å²) in [7, 11) is 1.58. The largest absolute Gasteiger partial charge is 0.496 e. The molecular formula is C8H6Br2O2. The fraction of sp³-hybridized carbons (Fsp3) is 0.125. The van der Waals surface area contributed by atoms with Crippen molar-refractivity contribution in [3.8, 4) is 5.75 Å². The van der Waals surface area contributed by atoms with Crippen molar-refractivity contribution < 1.29 is 9.53 Å². The maximum absolute atomic E-state index is 10.5. The van der Waals surface area contributed by atoms with Gasteiger partial charge < -0.3 is 4.74 Å². The molecular weight excluding hydrogens is 288 g/mol. The molecule has 0 spiro atoms. The van der Waals surface area contributed by atoms with Crippen LogP contribution in [0.5, 0.6) is 5.75 Å². The van der Waals surface area contributed by atoms with Crippen molar-refractivity contribution >= 4 is 38.1 Å². The third-order valence-electron chi connectivity index (χ3n) is 1.42. The van der Waals surface area contributed by atoms with Gasteiger partial charge in [0.15, 0.2) is 6.29 Å². The molecule has 0 fully saturated rings. The minimum atomic E-state index is 0.600. The summed E-state index contributed by atoms with van der Waals surface area (Å²) >= 11 is 6.58. The molecule has 1 aromatic carbocycles. The number of carbonyl (C=O) groups excluding carboxylic acids is 1. The van der Waals surface area contributed by atoms with E-state index in [0.29, 0.717) is 11.3 Å². The van der Waals surface area contributed by atoms with Gasteiger partial charge in [-0.3, -0.25) is 4.79 Å². The van der Waals surface area contributed by atoms with E-state index in [2.05, 4.69) is 31.9 Å². The van der Waals surface area contributed by atoms with Gasteiger partial charge in [-0.25, -0.2) is 0 Å². The Labute approximate surface area is 87.2 Å². The summed E-state index contributed by atoms with van der Waals surface area (Å²) in [6, 6.07) is 3.43. The highest BCUT2D eigenvalue weighted by atomic mass is 79.9. The van der Waals surface area contributed by atoms with Gasteiger partial charge in [0.25, 0.3) is 0 Å². The maximum Gasteiger partial charge on any atom is 0.151 e. The van der Waals surface area contributed by atoms with E-state index in [1.807, 2.05) is 0 Å². The zero-order valence-electron chi connectivity index (χ0n) is 6.30. The average Bonchev–Trinajstić information content (AvgIpc) is 2.10. The molecule has 2 nitrogen and oxygen atoms in total. The molecule has 0 aliphatic heterocycles. The van der Waals surface area contributed by atoms with Crippen LogP contribution in [0.2, 0.25) is 0 Å². The number of benzene rings is 1. The van der Waals surface area contributed by atoms with Gasteiger partial charge in [-0.2, -0.15) is 0 Å². The van der Waals surface area contributed by atoms with E-state index < -0.39 is 0 Å². The minimum absolute atomic E-state index is 0.600. The van der Waals surface area contributed by atoms with Gasteiger partial charge >= 0.3 is 0 Å². The fourth-order valence-corrected chi connectivity index (χ4v) is 1.74. The number of rotatable bonds is 2.